The Kier molecular flexibility index (Phi) is 8.01. The van der Waals surface area contributed by atoms with Gasteiger partial charge in [-0.3, -0.25) is 14.5 Å². The van der Waals surface area contributed by atoms with Crippen LogP contribution in [0.5, 0.6) is 0 Å². The zero-order chi connectivity index (χ0) is 26.5. The van der Waals surface area contributed by atoms with Gasteiger partial charge in [0.05, 0.1) is 17.6 Å². The summed E-state index contributed by atoms with van der Waals surface area (Å²) in [5.41, 5.74) is 3.75. The van der Waals surface area contributed by atoms with Crippen LogP contribution >= 0.6 is 11.6 Å². The number of carbonyl (C=O) groups excluding carboxylic acids is 1. The van der Waals surface area contributed by atoms with Crippen LogP contribution < -0.4 is 10.9 Å². The first kappa shape index (κ1) is 25.9. The monoisotopic (exact) mass is 526 g/mol. The number of aromatic nitrogens is 2. The van der Waals surface area contributed by atoms with Crippen molar-refractivity contribution in [2.45, 2.75) is 32.2 Å². The number of anilines is 1. The van der Waals surface area contributed by atoms with Gasteiger partial charge in [0.2, 0.25) is 5.91 Å². The molecule has 1 aromatic heterocycles. The summed E-state index contributed by atoms with van der Waals surface area (Å²) in [5.74, 6) is 0.446. The van der Waals surface area contributed by atoms with E-state index in [-0.39, 0.29) is 11.5 Å². The molecular weight excluding hydrogens is 496 g/mol. The van der Waals surface area contributed by atoms with E-state index in [0.717, 1.165) is 54.8 Å². The molecule has 4 aromatic rings. The minimum atomic E-state index is -0.0923. The number of fused-ring (bicyclic) bond motifs is 1. The molecule has 6 nitrogen and oxygen atoms in total. The average Bonchev–Trinajstić information content (AvgIpc) is 2.93. The van der Waals surface area contributed by atoms with E-state index >= 15 is 0 Å². The standard InChI is InChI=1S/C31H31ClN4O2/c1-22(37)33-27-8-6-7-25(21-27)23-15-19-35(20-16-23)17-4-5-18-36-31(38)29-10-3-2-9-28(29)30(34-36)24-11-13-26(32)14-12-24/h2-14,21,23H,15-20H2,1H3,(H,33,37)/b5-4+. The molecule has 0 spiro atoms. The Morgan fingerprint density at radius 2 is 1.68 bits per heavy atom. The van der Waals surface area contributed by atoms with Crippen LogP contribution in [0.4, 0.5) is 5.69 Å². The number of carbonyl (C=O) groups is 1. The highest BCUT2D eigenvalue weighted by molar-refractivity contribution is 6.30. The number of nitrogens with one attached hydrogen (secondary N) is 1. The molecule has 3 aromatic carbocycles. The number of benzene rings is 3. The number of hydrogen-bond donors (Lipinski definition) is 1. The average molecular weight is 527 g/mol. The van der Waals surface area contributed by atoms with Crippen LogP contribution in [0.15, 0.2) is 89.7 Å². The van der Waals surface area contributed by atoms with Crippen molar-refractivity contribution in [1.82, 2.24) is 14.7 Å². The summed E-state index contributed by atoms with van der Waals surface area (Å²) < 4.78 is 1.54. The van der Waals surface area contributed by atoms with Crippen molar-refractivity contribution < 1.29 is 4.79 Å². The highest BCUT2D eigenvalue weighted by atomic mass is 35.5. The topological polar surface area (TPSA) is 67.2 Å². The Hall–Kier alpha value is -3.74. The third-order valence-electron chi connectivity index (χ3n) is 7.06. The molecule has 0 aliphatic carbocycles. The molecule has 1 fully saturated rings. The van der Waals surface area contributed by atoms with E-state index in [1.54, 1.807) is 0 Å². The van der Waals surface area contributed by atoms with E-state index in [1.165, 1.54) is 17.2 Å². The van der Waals surface area contributed by atoms with Gasteiger partial charge in [-0.15, -0.1) is 0 Å². The van der Waals surface area contributed by atoms with Crippen molar-refractivity contribution in [3.05, 3.63) is 106 Å². The Morgan fingerprint density at radius 3 is 2.42 bits per heavy atom. The van der Waals surface area contributed by atoms with Crippen LogP contribution in [0.1, 0.15) is 31.2 Å². The Bertz CT molecular complexity index is 1520. The zero-order valence-corrected chi connectivity index (χ0v) is 22.2. The van der Waals surface area contributed by atoms with Gasteiger partial charge in [-0.05, 0) is 67.7 Å². The Balaban J connectivity index is 1.22. The summed E-state index contributed by atoms with van der Waals surface area (Å²) in [6.45, 7) is 4.80. The molecule has 1 amide bonds. The van der Waals surface area contributed by atoms with Crippen molar-refractivity contribution in [2.24, 2.45) is 0 Å². The number of halogens is 1. The predicted molar refractivity (Wildman–Crippen MR) is 155 cm³/mol. The van der Waals surface area contributed by atoms with Gasteiger partial charge in [0.15, 0.2) is 0 Å². The van der Waals surface area contributed by atoms with Gasteiger partial charge in [-0.2, -0.15) is 5.10 Å². The normalized spacial score (nSPS) is 14.8. The minimum absolute atomic E-state index is 0.0499. The van der Waals surface area contributed by atoms with Gasteiger partial charge in [-0.1, -0.05) is 66.2 Å². The van der Waals surface area contributed by atoms with E-state index in [0.29, 0.717) is 22.9 Å². The lowest BCUT2D eigenvalue weighted by molar-refractivity contribution is -0.114. The molecule has 7 heteroatoms. The van der Waals surface area contributed by atoms with Gasteiger partial charge < -0.3 is 5.32 Å². The zero-order valence-electron chi connectivity index (χ0n) is 21.4. The fraction of sp³-hybridized carbons (Fsp3) is 0.258. The van der Waals surface area contributed by atoms with Gasteiger partial charge in [-0.25, -0.2) is 4.68 Å². The third-order valence-corrected chi connectivity index (χ3v) is 7.31. The summed E-state index contributed by atoms with van der Waals surface area (Å²) in [4.78, 5) is 26.9. The second kappa shape index (κ2) is 11.8. The highest BCUT2D eigenvalue weighted by Crippen LogP contribution is 2.30. The fourth-order valence-corrected chi connectivity index (χ4v) is 5.23. The highest BCUT2D eigenvalue weighted by Gasteiger charge is 2.20. The number of piperidine rings is 1. The summed E-state index contributed by atoms with van der Waals surface area (Å²) >= 11 is 6.08. The molecule has 2 heterocycles. The molecule has 0 unspecified atom stereocenters. The van der Waals surface area contributed by atoms with Crippen molar-refractivity contribution in [3.8, 4) is 11.3 Å². The molecule has 0 bridgehead atoms. The van der Waals surface area contributed by atoms with Crippen LogP contribution in [0.2, 0.25) is 5.02 Å². The smallest absolute Gasteiger partial charge is 0.274 e. The van der Waals surface area contributed by atoms with E-state index in [9.17, 15) is 9.59 Å². The molecule has 38 heavy (non-hydrogen) atoms. The van der Waals surface area contributed by atoms with Crippen molar-refractivity contribution in [1.29, 1.82) is 0 Å². The predicted octanol–water partition coefficient (Wildman–Crippen LogP) is 6.11. The maximum absolute atomic E-state index is 13.1. The summed E-state index contributed by atoms with van der Waals surface area (Å²) in [7, 11) is 0. The number of allylic oxidation sites excluding steroid dienone is 1. The van der Waals surface area contributed by atoms with E-state index in [1.807, 2.05) is 66.7 Å². The molecule has 194 valence electrons. The van der Waals surface area contributed by atoms with Crippen LogP contribution in [-0.2, 0) is 11.3 Å². The molecule has 1 N–H and O–H groups in total. The second-order valence-corrected chi connectivity index (χ2v) is 10.2. The van der Waals surface area contributed by atoms with E-state index in [2.05, 4.69) is 28.4 Å². The van der Waals surface area contributed by atoms with Gasteiger partial charge >= 0.3 is 0 Å². The van der Waals surface area contributed by atoms with Gasteiger partial charge in [0, 0.05) is 35.1 Å². The Morgan fingerprint density at radius 1 is 0.974 bits per heavy atom. The molecule has 5 rings (SSSR count). The molecule has 0 saturated carbocycles. The first-order valence-corrected chi connectivity index (χ1v) is 13.4. The van der Waals surface area contributed by atoms with Crippen molar-refractivity contribution in [3.63, 3.8) is 0 Å². The van der Waals surface area contributed by atoms with Crippen LogP contribution in [0, 0.1) is 0 Å². The molecule has 1 saturated heterocycles. The molecule has 0 radical (unpaired) electrons. The third kappa shape index (κ3) is 6.04. The number of likely N-dealkylation sites (tertiary alicyclic amines) is 1. The van der Waals surface area contributed by atoms with E-state index < -0.39 is 0 Å². The summed E-state index contributed by atoms with van der Waals surface area (Å²) in [6, 6.07) is 23.3. The van der Waals surface area contributed by atoms with Gasteiger partial charge in [0.1, 0.15) is 0 Å². The second-order valence-electron chi connectivity index (χ2n) is 9.74. The Labute approximate surface area is 227 Å². The number of nitrogens with zero attached hydrogens (tertiary/aromatic N) is 3. The van der Waals surface area contributed by atoms with Crippen LogP contribution in [-0.4, -0.2) is 40.2 Å². The number of rotatable bonds is 7. The minimum Gasteiger partial charge on any atom is -0.326 e. The van der Waals surface area contributed by atoms with Crippen LogP contribution in [0.3, 0.4) is 0 Å². The van der Waals surface area contributed by atoms with Crippen LogP contribution in [0.25, 0.3) is 22.0 Å². The quantitative estimate of drug-likeness (QED) is 0.295. The molecular formula is C31H31ClN4O2. The molecule has 0 atom stereocenters. The van der Waals surface area contributed by atoms with Crippen molar-refractivity contribution in [2.75, 3.05) is 25.0 Å². The largest absolute Gasteiger partial charge is 0.326 e. The first-order valence-electron chi connectivity index (χ1n) is 13.0. The maximum atomic E-state index is 13.1. The maximum Gasteiger partial charge on any atom is 0.274 e. The number of hydrogen-bond acceptors (Lipinski definition) is 4. The lowest BCUT2D eigenvalue weighted by atomic mass is 9.89. The molecule has 1 aliphatic rings. The lowest BCUT2D eigenvalue weighted by Gasteiger charge is -2.31. The summed E-state index contributed by atoms with van der Waals surface area (Å²) in [6.07, 6.45) is 6.31. The lowest BCUT2D eigenvalue weighted by Crippen LogP contribution is -2.33. The fourth-order valence-electron chi connectivity index (χ4n) is 5.10. The first-order chi connectivity index (χ1) is 18.5. The van der Waals surface area contributed by atoms with Gasteiger partial charge in [0.25, 0.3) is 5.56 Å². The summed E-state index contributed by atoms with van der Waals surface area (Å²) in [5, 5.41) is 9.76. The number of amides is 1. The SMILES string of the molecule is CC(=O)Nc1cccc(C2CCN(C/C=C/Cn3nc(-c4ccc(Cl)cc4)c4ccccc4c3=O)CC2)c1. The van der Waals surface area contributed by atoms with Crippen molar-refractivity contribution >= 4 is 34.0 Å². The molecule has 1 aliphatic heterocycles. The van der Waals surface area contributed by atoms with E-state index in [4.69, 9.17) is 16.7 Å².